The molecule has 3 aliphatic rings. The third kappa shape index (κ3) is 4.53. The van der Waals surface area contributed by atoms with Crippen LogP contribution in [0.2, 0.25) is 0 Å². The number of aryl methyl sites for hydroxylation is 2. The third-order valence-electron chi connectivity index (χ3n) is 7.52. The van der Waals surface area contributed by atoms with E-state index in [2.05, 4.69) is 10.2 Å². The second-order valence-corrected chi connectivity index (χ2v) is 9.96. The Morgan fingerprint density at radius 2 is 1.94 bits per heavy atom. The Bertz CT molecular complexity index is 1040. The van der Waals surface area contributed by atoms with Gasteiger partial charge in [-0.2, -0.15) is 13.2 Å². The Hall–Kier alpha value is -2.23. The van der Waals surface area contributed by atoms with Crippen molar-refractivity contribution in [3.63, 3.8) is 0 Å². The molecule has 0 radical (unpaired) electrons. The van der Waals surface area contributed by atoms with E-state index in [1.54, 1.807) is 0 Å². The van der Waals surface area contributed by atoms with Crippen molar-refractivity contribution in [2.24, 2.45) is 17.6 Å². The first-order valence-electron chi connectivity index (χ1n) is 11.9. The maximum atomic E-state index is 14.4. The van der Waals surface area contributed by atoms with E-state index in [1.165, 1.54) is 0 Å². The van der Waals surface area contributed by atoms with Gasteiger partial charge >= 0.3 is 6.18 Å². The van der Waals surface area contributed by atoms with Crippen LogP contribution in [0.3, 0.4) is 0 Å². The number of hydrogen-bond acceptors (Lipinski definition) is 6. The minimum atomic E-state index is -4.55. The van der Waals surface area contributed by atoms with Crippen LogP contribution in [0.4, 0.5) is 19.0 Å². The van der Waals surface area contributed by atoms with Gasteiger partial charge in [-0.05, 0) is 62.6 Å². The van der Waals surface area contributed by atoms with Gasteiger partial charge in [0.25, 0.3) is 0 Å². The van der Waals surface area contributed by atoms with Crippen LogP contribution < -0.4 is 10.6 Å². The molecule has 0 spiro atoms. The minimum absolute atomic E-state index is 0.0861. The summed E-state index contributed by atoms with van der Waals surface area (Å²) in [6.45, 7) is 5.78. The van der Waals surface area contributed by atoms with E-state index in [1.807, 2.05) is 36.9 Å². The number of nitrogens with zero attached hydrogens (tertiary/aromatic N) is 3. The lowest BCUT2D eigenvalue weighted by Gasteiger charge is -2.34. The first-order chi connectivity index (χ1) is 16.2. The molecule has 34 heavy (non-hydrogen) atoms. The van der Waals surface area contributed by atoms with Crippen LogP contribution >= 0.6 is 0 Å². The zero-order valence-corrected chi connectivity index (χ0v) is 19.5. The summed E-state index contributed by atoms with van der Waals surface area (Å²) >= 11 is 0. The molecule has 2 N–H and O–H groups in total. The van der Waals surface area contributed by atoms with E-state index in [9.17, 15) is 13.2 Å². The van der Waals surface area contributed by atoms with Gasteiger partial charge in [-0.3, -0.25) is 0 Å². The van der Waals surface area contributed by atoms with Gasteiger partial charge < -0.3 is 20.1 Å². The van der Waals surface area contributed by atoms with E-state index < -0.39 is 11.7 Å². The molecule has 9 heteroatoms. The van der Waals surface area contributed by atoms with Crippen molar-refractivity contribution < 1.29 is 22.6 Å². The third-order valence-corrected chi connectivity index (χ3v) is 7.52. The van der Waals surface area contributed by atoms with Crippen molar-refractivity contribution in [2.45, 2.75) is 57.5 Å². The predicted molar refractivity (Wildman–Crippen MR) is 122 cm³/mol. The minimum Gasteiger partial charge on any atom is -0.376 e. The molecule has 3 fully saturated rings. The lowest BCUT2D eigenvalue weighted by molar-refractivity contribution is -0.137. The average Bonchev–Trinajstić information content (AvgIpc) is 3.32. The lowest BCUT2D eigenvalue weighted by Crippen LogP contribution is -2.41. The number of benzene rings is 1. The normalized spacial score (nSPS) is 29.5. The van der Waals surface area contributed by atoms with Gasteiger partial charge in [0.1, 0.15) is 5.56 Å². The molecule has 1 saturated carbocycles. The number of fused-ring (bicyclic) bond motifs is 1. The fourth-order valence-corrected chi connectivity index (χ4v) is 5.94. The summed E-state index contributed by atoms with van der Waals surface area (Å²) in [6.07, 6.45) is -2.50. The Balaban J connectivity index is 1.53. The number of anilines is 1. The first kappa shape index (κ1) is 23.5. The van der Waals surface area contributed by atoms with Gasteiger partial charge in [0, 0.05) is 24.2 Å². The van der Waals surface area contributed by atoms with Gasteiger partial charge in [0.2, 0.25) is 0 Å². The highest BCUT2D eigenvalue weighted by Gasteiger charge is 2.50. The summed E-state index contributed by atoms with van der Waals surface area (Å²) in [4.78, 5) is 1.82. The van der Waals surface area contributed by atoms with Crippen molar-refractivity contribution in [3.8, 4) is 11.3 Å². The first-order valence-corrected chi connectivity index (χ1v) is 11.9. The number of alkyl halides is 3. The van der Waals surface area contributed by atoms with Crippen LogP contribution in [0.1, 0.15) is 36.0 Å². The lowest BCUT2D eigenvalue weighted by atomic mass is 9.90. The Kier molecular flexibility index (Phi) is 6.29. The van der Waals surface area contributed by atoms with Crippen molar-refractivity contribution >= 4 is 5.82 Å². The molecular formula is C25H31F3N4O2. The summed E-state index contributed by atoms with van der Waals surface area (Å²) in [5, 5.41) is 8.50. The molecule has 1 aromatic heterocycles. The largest absolute Gasteiger partial charge is 0.420 e. The topological polar surface area (TPSA) is 73.5 Å². The highest BCUT2D eigenvalue weighted by atomic mass is 19.4. The zero-order chi connectivity index (χ0) is 24.0. The number of nitrogens with two attached hydrogens (primary N) is 1. The van der Waals surface area contributed by atoms with Gasteiger partial charge in [0.15, 0.2) is 5.82 Å². The van der Waals surface area contributed by atoms with Crippen LogP contribution in [-0.4, -0.2) is 54.8 Å². The van der Waals surface area contributed by atoms with Gasteiger partial charge in [-0.15, -0.1) is 10.2 Å². The Morgan fingerprint density at radius 3 is 2.68 bits per heavy atom. The molecule has 1 aliphatic carbocycles. The van der Waals surface area contributed by atoms with Gasteiger partial charge in [-0.25, -0.2) is 0 Å². The number of ether oxygens (including phenoxy) is 2. The number of hydrogen-bond donors (Lipinski definition) is 1. The van der Waals surface area contributed by atoms with Crippen LogP contribution in [0, 0.1) is 25.7 Å². The van der Waals surface area contributed by atoms with Crippen molar-refractivity contribution in [1.82, 2.24) is 10.2 Å². The fraction of sp³-hybridized carbons (Fsp3) is 0.600. The second kappa shape index (κ2) is 9.09. The molecule has 2 aromatic rings. The van der Waals surface area contributed by atoms with Crippen molar-refractivity contribution in [3.05, 3.63) is 41.0 Å². The van der Waals surface area contributed by atoms with Gasteiger partial charge in [-0.1, -0.05) is 17.7 Å². The second-order valence-electron chi connectivity index (χ2n) is 9.96. The van der Waals surface area contributed by atoms with E-state index >= 15 is 0 Å². The average molecular weight is 477 g/mol. The molecule has 184 valence electrons. The van der Waals surface area contributed by atoms with Crippen molar-refractivity contribution in [2.75, 3.05) is 31.3 Å². The maximum absolute atomic E-state index is 14.4. The molecule has 3 heterocycles. The number of halogens is 3. The molecule has 0 bridgehead atoms. The van der Waals surface area contributed by atoms with Crippen LogP contribution in [0.25, 0.3) is 11.3 Å². The number of aromatic nitrogens is 2. The maximum Gasteiger partial charge on any atom is 0.420 e. The Labute approximate surface area is 197 Å². The molecule has 1 aromatic carbocycles. The highest BCUT2D eigenvalue weighted by Crippen LogP contribution is 2.47. The van der Waals surface area contributed by atoms with Crippen LogP contribution in [0.5, 0.6) is 0 Å². The summed E-state index contributed by atoms with van der Waals surface area (Å²) in [7, 11) is 0. The van der Waals surface area contributed by atoms with E-state index in [0.717, 1.165) is 30.0 Å². The van der Waals surface area contributed by atoms with Crippen molar-refractivity contribution in [1.29, 1.82) is 0 Å². The molecule has 2 saturated heterocycles. The Morgan fingerprint density at radius 1 is 1.12 bits per heavy atom. The standard InChI is InChI=1S/C25H31F3N4O2/c1-14-3-4-15(2)19(7-14)22-11-21(25(26,27)28)24(31-30-22)32-12-16-8-17(29)9-20(16)23(32)10-18-13-33-5-6-34-18/h3-4,7,11,16-18,20,23H,5-6,8-10,12-13,29H2,1-2H3/t16-,17+,18-,20+,23+/m1/s1. The highest BCUT2D eigenvalue weighted by molar-refractivity contribution is 5.67. The zero-order valence-electron chi connectivity index (χ0n) is 19.5. The molecular weight excluding hydrogens is 445 g/mol. The summed E-state index contributed by atoms with van der Waals surface area (Å²) < 4.78 is 54.5. The molecule has 6 nitrogen and oxygen atoms in total. The summed E-state index contributed by atoms with van der Waals surface area (Å²) in [5.41, 5.74) is 8.21. The smallest absolute Gasteiger partial charge is 0.376 e. The van der Waals surface area contributed by atoms with Crippen LogP contribution in [-0.2, 0) is 15.7 Å². The van der Waals surface area contributed by atoms with E-state index in [4.69, 9.17) is 15.2 Å². The molecule has 5 atom stereocenters. The fourth-order valence-electron chi connectivity index (χ4n) is 5.94. The predicted octanol–water partition coefficient (Wildman–Crippen LogP) is 4.13. The SMILES string of the molecule is Cc1ccc(C)c(-c2cc(C(F)(F)F)c(N3C[C@H]4C[C@H](N)C[C@@H]4[C@@H]3C[C@@H]3COCCO3)nn2)c1. The quantitative estimate of drug-likeness (QED) is 0.716. The van der Waals surface area contributed by atoms with E-state index in [-0.39, 0.29) is 41.5 Å². The summed E-state index contributed by atoms with van der Waals surface area (Å²) in [6, 6.07) is 6.77. The van der Waals surface area contributed by atoms with Crippen LogP contribution in [0.15, 0.2) is 24.3 Å². The molecule has 0 unspecified atom stereocenters. The monoisotopic (exact) mass is 476 g/mol. The molecule has 2 aliphatic heterocycles. The number of rotatable bonds is 4. The summed E-state index contributed by atoms with van der Waals surface area (Å²) in [5.74, 6) is 0.361. The molecule has 5 rings (SSSR count). The molecule has 0 amide bonds. The van der Waals surface area contributed by atoms with E-state index in [0.29, 0.717) is 38.3 Å². The van der Waals surface area contributed by atoms with Gasteiger partial charge in [0.05, 0.1) is 31.6 Å².